The van der Waals surface area contributed by atoms with Crippen molar-refractivity contribution in [1.82, 2.24) is 4.58 Å². The normalized spacial score (nSPS) is 10.4. The van der Waals surface area contributed by atoms with Gasteiger partial charge in [0.2, 0.25) is 11.4 Å². The molecule has 0 aliphatic heterocycles. The van der Waals surface area contributed by atoms with Gasteiger partial charge in [0.15, 0.2) is 5.78 Å². The molecule has 0 amide bonds. The lowest BCUT2D eigenvalue weighted by atomic mass is 10.00. The maximum absolute atomic E-state index is 11.6. The van der Waals surface area contributed by atoms with Crippen LogP contribution < -0.4 is 9.89 Å². The summed E-state index contributed by atoms with van der Waals surface area (Å²) in [6.07, 6.45) is 2.78. The number of hydrogen-bond acceptors (Lipinski definition) is 3. The Balaban J connectivity index is 1.46. The van der Waals surface area contributed by atoms with Gasteiger partial charge in [0.1, 0.15) is 0 Å². The van der Waals surface area contributed by atoms with E-state index in [1.54, 1.807) is 24.3 Å². The Bertz CT molecular complexity index is 1300. The third-order valence-corrected chi connectivity index (χ3v) is 5.69. The first kappa shape index (κ1) is 21.9. The molecular weight excluding hydrogens is 408 g/mol. The van der Waals surface area contributed by atoms with E-state index in [1.807, 2.05) is 37.4 Å². The lowest BCUT2D eigenvalue weighted by Crippen LogP contribution is -2.02. The zero-order valence-electron chi connectivity index (χ0n) is 18.7. The minimum Gasteiger partial charge on any atom is -0.388 e. The van der Waals surface area contributed by atoms with Gasteiger partial charge in [-0.1, -0.05) is 53.1 Å². The number of isocyanates is 1. The van der Waals surface area contributed by atoms with Gasteiger partial charge in [-0.15, -0.1) is 0 Å². The van der Waals surface area contributed by atoms with Crippen LogP contribution in [0.2, 0.25) is 0 Å². The number of benzene rings is 4. The average Bonchev–Trinajstić information content (AvgIpc) is 2.86. The van der Waals surface area contributed by atoms with E-state index in [2.05, 4.69) is 53.8 Å². The zero-order valence-corrected chi connectivity index (χ0v) is 18.7. The highest BCUT2D eigenvalue weighted by atomic mass is 16.1. The second kappa shape index (κ2) is 9.90. The topological polar surface area (TPSA) is 49.2 Å². The molecule has 0 bridgehead atoms. The number of nitrogens with one attached hydrogen (secondary N) is 1. The Labute approximate surface area is 193 Å². The first-order valence-electron chi connectivity index (χ1n) is 10.8. The van der Waals surface area contributed by atoms with Crippen LogP contribution in [0.25, 0.3) is 11.1 Å². The Kier molecular flexibility index (Phi) is 6.58. The SMILES string of the molecule is CNc1ccc(-c2ccc(Cc3ccc([N+](=C=O)c4ccc(C(C)=O)cc4)cc3)cc2)cc1. The summed E-state index contributed by atoms with van der Waals surface area (Å²) in [6.45, 7) is 1.52. The number of Topliss-reactive ketones (excluding diaryl/α,β-unsaturated/α-hetero) is 1. The van der Waals surface area contributed by atoms with Crippen molar-refractivity contribution in [2.45, 2.75) is 13.3 Å². The maximum atomic E-state index is 11.6. The van der Waals surface area contributed by atoms with Crippen LogP contribution in [0.4, 0.5) is 17.1 Å². The molecule has 4 heteroatoms. The summed E-state index contributed by atoms with van der Waals surface area (Å²) < 4.78 is 1.45. The molecule has 0 aliphatic rings. The highest BCUT2D eigenvalue weighted by Gasteiger charge is 2.15. The van der Waals surface area contributed by atoms with Gasteiger partial charge >= 0.3 is 6.08 Å². The van der Waals surface area contributed by atoms with Gasteiger partial charge < -0.3 is 5.32 Å². The standard InChI is InChI=1S/C29H25N2O2/c1-21(33)24-11-17-29(18-12-24)31(20-32)28-15-5-23(6-16-28)19-22-3-7-25(8-4-22)26-9-13-27(30-2)14-10-26/h3-18,30H,19H2,1-2H3/q+1. The molecule has 0 aromatic heterocycles. The molecule has 0 spiro atoms. The lowest BCUT2D eigenvalue weighted by Gasteiger charge is -2.07. The summed E-state index contributed by atoms with van der Waals surface area (Å²) in [6, 6.07) is 31.8. The van der Waals surface area contributed by atoms with Crippen molar-refractivity contribution in [3.63, 3.8) is 0 Å². The van der Waals surface area contributed by atoms with E-state index >= 15 is 0 Å². The predicted octanol–water partition coefficient (Wildman–Crippen LogP) is 6.36. The second-order valence-electron chi connectivity index (χ2n) is 7.90. The van der Waals surface area contributed by atoms with Gasteiger partial charge in [-0.2, -0.15) is 4.79 Å². The zero-order chi connectivity index (χ0) is 23.2. The molecule has 162 valence electrons. The molecule has 4 aromatic carbocycles. The average molecular weight is 434 g/mol. The third kappa shape index (κ3) is 5.15. The molecule has 0 aliphatic carbocycles. The lowest BCUT2D eigenvalue weighted by molar-refractivity contribution is 0.101. The van der Waals surface area contributed by atoms with Crippen molar-refractivity contribution in [3.05, 3.63) is 114 Å². The molecular formula is C29H25N2O2+. The molecule has 4 aromatic rings. The van der Waals surface area contributed by atoms with Crippen LogP contribution in [0.3, 0.4) is 0 Å². The number of rotatable bonds is 7. The van der Waals surface area contributed by atoms with Crippen molar-refractivity contribution in [1.29, 1.82) is 0 Å². The van der Waals surface area contributed by atoms with Gasteiger partial charge in [-0.05, 0) is 59.9 Å². The van der Waals surface area contributed by atoms with Crippen LogP contribution in [0.5, 0.6) is 0 Å². The summed E-state index contributed by atoms with van der Waals surface area (Å²) in [5.74, 6) is -0.00716. The molecule has 33 heavy (non-hydrogen) atoms. The summed E-state index contributed by atoms with van der Waals surface area (Å²) >= 11 is 0. The smallest absolute Gasteiger partial charge is 0.388 e. The maximum Gasteiger partial charge on any atom is 0.437 e. The molecule has 4 rings (SSSR count). The van der Waals surface area contributed by atoms with Crippen molar-refractivity contribution >= 4 is 28.9 Å². The highest BCUT2D eigenvalue weighted by molar-refractivity contribution is 5.94. The fraction of sp³-hybridized carbons (Fsp3) is 0.103. The largest absolute Gasteiger partial charge is 0.437 e. The van der Waals surface area contributed by atoms with E-state index < -0.39 is 0 Å². The van der Waals surface area contributed by atoms with Crippen LogP contribution in [0.1, 0.15) is 28.4 Å². The minimum absolute atomic E-state index is 0.00716. The Hall–Kier alpha value is -4.27. The summed E-state index contributed by atoms with van der Waals surface area (Å²) in [4.78, 5) is 23.1. The highest BCUT2D eigenvalue weighted by Crippen LogP contribution is 2.24. The number of hydrogen-bond donors (Lipinski definition) is 1. The number of anilines is 1. The van der Waals surface area contributed by atoms with Gasteiger partial charge in [0, 0.05) is 42.6 Å². The quantitative estimate of drug-likeness (QED) is 0.160. The predicted molar refractivity (Wildman–Crippen MR) is 134 cm³/mol. The van der Waals surface area contributed by atoms with E-state index in [9.17, 15) is 9.59 Å². The van der Waals surface area contributed by atoms with Crippen LogP contribution in [0, 0.1) is 0 Å². The first-order chi connectivity index (χ1) is 16.1. The Morgan fingerprint density at radius 3 is 1.64 bits per heavy atom. The second-order valence-corrected chi connectivity index (χ2v) is 7.90. The van der Waals surface area contributed by atoms with Gasteiger partial charge in [-0.25, -0.2) is 0 Å². The molecule has 0 saturated carbocycles. The molecule has 0 radical (unpaired) electrons. The molecule has 0 unspecified atom stereocenters. The molecule has 1 N–H and O–H groups in total. The summed E-state index contributed by atoms with van der Waals surface area (Å²) in [5, 5.41) is 3.14. The van der Waals surface area contributed by atoms with E-state index in [0.717, 1.165) is 23.4 Å². The van der Waals surface area contributed by atoms with E-state index in [0.29, 0.717) is 11.3 Å². The fourth-order valence-corrected chi connectivity index (χ4v) is 3.74. The van der Waals surface area contributed by atoms with Gasteiger partial charge in [-0.3, -0.25) is 4.79 Å². The molecule has 4 nitrogen and oxygen atoms in total. The van der Waals surface area contributed by atoms with Crippen LogP contribution >= 0.6 is 0 Å². The number of ketones is 1. The number of carbonyl (C=O) groups excluding carboxylic acids is 2. The van der Waals surface area contributed by atoms with E-state index in [4.69, 9.17) is 0 Å². The van der Waals surface area contributed by atoms with E-state index in [1.165, 1.54) is 28.2 Å². The third-order valence-electron chi connectivity index (χ3n) is 5.69. The van der Waals surface area contributed by atoms with Crippen LogP contribution in [-0.2, 0) is 11.2 Å². The molecule has 0 saturated heterocycles. The van der Waals surface area contributed by atoms with E-state index in [-0.39, 0.29) is 5.78 Å². The summed E-state index contributed by atoms with van der Waals surface area (Å²) in [7, 11) is 1.91. The van der Waals surface area contributed by atoms with Crippen molar-refractivity contribution in [2.75, 3.05) is 12.4 Å². The van der Waals surface area contributed by atoms with Gasteiger partial charge in [0.05, 0.1) is 0 Å². The Morgan fingerprint density at radius 2 is 1.18 bits per heavy atom. The first-order valence-corrected chi connectivity index (χ1v) is 10.8. The fourth-order valence-electron chi connectivity index (χ4n) is 3.74. The van der Waals surface area contributed by atoms with Gasteiger partial charge in [0.25, 0.3) is 0 Å². The summed E-state index contributed by atoms with van der Waals surface area (Å²) in [5.41, 5.74) is 7.85. The molecule has 0 fully saturated rings. The monoisotopic (exact) mass is 433 g/mol. The Morgan fingerprint density at radius 1 is 0.727 bits per heavy atom. The number of carbonyl (C=O) groups is 1. The van der Waals surface area contributed by atoms with Crippen molar-refractivity contribution in [3.8, 4) is 11.1 Å². The van der Waals surface area contributed by atoms with Crippen LogP contribution in [0.15, 0.2) is 97.1 Å². The number of nitrogens with zero attached hydrogens (tertiary/aromatic N) is 1. The molecule has 0 heterocycles. The van der Waals surface area contributed by atoms with Crippen molar-refractivity contribution in [2.24, 2.45) is 0 Å². The molecule has 0 atom stereocenters. The van der Waals surface area contributed by atoms with Crippen LogP contribution in [-0.4, -0.2) is 18.9 Å². The minimum atomic E-state index is -0.00716. The van der Waals surface area contributed by atoms with Crippen molar-refractivity contribution < 1.29 is 9.59 Å².